The van der Waals surface area contributed by atoms with E-state index in [1.807, 2.05) is 20.8 Å². The first-order chi connectivity index (χ1) is 57.7. The monoisotopic (exact) mass is 1650 g/mol. The molecule has 644 valence electrons. The molecule has 23 heteroatoms. The zero-order chi connectivity index (χ0) is 86.5. The normalized spacial score (nSPS) is 16.1. The van der Waals surface area contributed by atoms with Crippen LogP contribution in [0.5, 0.6) is 34.5 Å². The molecule has 0 bridgehead atoms. The molecular weight excluding hydrogens is 1530 g/mol. The average Bonchev–Trinajstić information content (AvgIpc) is 0.842. The van der Waals surface area contributed by atoms with Crippen LogP contribution < -0.4 is 34.0 Å². The van der Waals surface area contributed by atoms with Crippen LogP contribution in [0.25, 0.3) is 11.0 Å². The number of hydrogen-bond acceptors (Lipinski definition) is 18. The van der Waals surface area contributed by atoms with Gasteiger partial charge in [-0.25, -0.2) is 28.8 Å². The second-order valence-corrected chi connectivity index (χ2v) is 31.2. The molecule has 23 nitrogen and oxygen atoms in total. The highest BCUT2D eigenvalue weighted by atomic mass is 16.5. The number of aryl methyl sites for hydroxylation is 3. The van der Waals surface area contributed by atoms with Gasteiger partial charge in [0.1, 0.15) is 40.1 Å². The SMILES string of the molecule is CC(=O)c1cc(C)c(OC(CCC2=CCCCC2)C(=O)O)cc1C.CCc1cc(C(C)=O)ccc1OC(CCC1=CCCCC1)C(=O)O.COC(=O)Cc1ccc(OC(CCC2=CCCCC2)C(=O)O)cc1.O=C(O)C(CCC1=CCCCC1)Oc1ccc2ccc(=O)oc2c1.O=C1CCOc2cc(OC(CCC3=CCCCC3)C(=O)O)ccc21. The first-order valence-corrected chi connectivity index (χ1v) is 42.3. The standard InChI is InChI=1S/2C20H26O4.C19H20O5.C19H22O5.C19H24O5/c1-13-12-19(14(2)11-17(13)15(3)21)24-18(20(22)23)10-9-16-7-5-4-6-8-16;1-3-16-13-17(14(2)21)10-12-18(16)24-19(20(22)23)11-9-15-7-5-4-6-8-15;20-18-11-8-14-7-9-15(12-17(14)24-18)23-16(19(21)22)10-6-13-4-2-1-3-5-13;20-16-10-11-23-18-12-14(7-8-15(16)18)24-17(19(21)22)9-6-13-4-2-1-3-5-13;1-23-18(20)13-15-7-10-16(11-8-15)24-17(19(21)22)12-9-14-5-3-2-4-6-14/h7,11-12,18H,4-6,8-10H2,1-3H3,(H,22,23);7,10,12-13,19H,3-6,8-9,11H2,1-2H3,(H,22,23);4,7-9,11-12,16H,1-3,5-6,10H2,(H,21,22);4,7-8,12,17H,1-3,5-6,9-11H2,(H,21,22);5,7-8,10-11,17H,2-4,6,9,12-13H2,1H3,(H,21,22). The Hall–Kier alpha value is -11.4. The number of fused-ring (bicyclic) bond motifs is 2. The Morgan fingerprint density at radius 2 is 0.842 bits per heavy atom. The molecule has 120 heavy (non-hydrogen) atoms. The van der Waals surface area contributed by atoms with E-state index in [4.69, 9.17) is 32.8 Å². The van der Waals surface area contributed by atoms with E-state index >= 15 is 0 Å². The summed E-state index contributed by atoms with van der Waals surface area (Å²) in [7, 11) is 1.35. The number of carboxylic acids is 5. The zero-order valence-corrected chi connectivity index (χ0v) is 70.2. The molecule has 0 spiro atoms. The predicted molar refractivity (Wildman–Crippen MR) is 456 cm³/mol. The molecule has 0 radical (unpaired) electrons. The summed E-state index contributed by atoms with van der Waals surface area (Å²) in [6.45, 7) is 9.05. The molecule has 6 aromatic rings. The predicted octanol–water partition coefficient (Wildman–Crippen LogP) is 20.4. The Morgan fingerprint density at radius 1 is 0.425 bits per heavy atom. The number of ketones is 3. The van der Waals surface area contributed by atoms with Crippen LogP contribution in [0.2, 0.25) is 0 Å². The molecule has 0 amide bonds. The van der Waals surface area contributed by atoms with Gasteiger partial charge >= 0.3 is 41.4 Å². The van der Waals surface area contributed by atoms with Crippen LogP contribution in [-0.4, -0.2) is 123 Å². The molecule has 6 aliphatic rings. The van der Waals surface area contributed by atoms with Crippen molar-refractivity contribution in [3.05, 3.63) is 211 Å². The first kappa shape index (κ1) is 94.1. The van der Waals surface area contributed by atoms with Crippen molar-refractivity contribution in [3.8, 4) is 34.5 Å². The van der Waals surface area contributed by atoms with Gasteiger partial charge in [0.05, 0.1) is 25.7 Å². The summed E-state index contributed by atoms with van der Waals surface area (Å²) in [6.07, 6.45) is 36.8. The van der Waals surface area contributed by atoms with E-state index in [9.17, 15) is 73.5 Å². The van der Waals surface area contributed by atoms with Crippen molar-refractivity contribution in [3.63, 3.8) is 0 Å². The van der Waals surface area contributed by atoms with E-state index in [1.54, 1.807) is 97.1 Å². The van der Waals surface area contributed by atoms with Crippen molar-refractivity contribution in [1.82, 2.24) is 0 Å². The number of methoxy groups -OCH3 is 1. The van der Waals surface area contributed by atoms with Crippen molar-refractivity contribution in [2.24, 2.45) is 0 Å². The van der Waals surface area contributed by atoms with Crippen LogP contribution in [-0.2, 0) is 46.3 Å². The Labute approximate surface area is 702 Å². The molecule has 5 N–H and O–H groups in total. The maximum Gasteiger partial charge on any atom is 0.344 e. The lowest BCUT2D eigenvalue weighted by molar-refractivity contribution is -0.146. The van der Waals surface area contributed by atoms with Gasteiger partial charge in [-0.15, -0.1) is 0 Å². The number of benzene rings is 5. The van der Waals surface area contributed by atoms with Crippen molar-refractivity contribution in [1.29, 1.82) is 0 Å². The molecule has 1 aliphatic heterocycles. The van der Waals surface area contributed by atoms with E-state index in [1.165, 1.54) is 119 Å². The van der Waals surface area contributed by atoms with Crippen LogP contribution in [0.15, 0.2) is 171 Å². The third kappa shape index (κ3) is 31.7. The number of ether oxygens (including phenoxy) is 7. The molecule has 0 saturated carbocycles. The van der Waals surface area contributed by atoms with Crippen molar-refractivity contribution < 1.29 is 106 Å². The number of carbonyl (C=O) groups is 9. The highest BCUT2D eigenvalue weighted by Gasteiger charge is 2.28. The Balaban J connectivity index is 0.000000187. The molecular formula is C97H118O23. The number of allylic oxidation sites excluding steroid dienone is 10. The highest BCUT2D eigenvalue weighted by Crippen LogP contribution is 2.35. The minimum Gasteiger partial charge on any atom is -0.492 e. The van der Waals surface area contributed by atoms with Crippen LogP contribution in [0, 0.1) is 13.8 Å². The summed E-state index contributed by atoms with van der Waals surface area (Å²) >= 11 is 0. The number of hydrogen-bond donors (Lipinski definition) is 5. The Kier molecular flexibility index (Phi) is 38.6. The Morgan fingerprint density at radius 3 is 1.26 bits per heavy atom. The fourth-order valence-electron chi connectivity index (χ4n) is 15.0. The fourth-order valence-corrected chi connectivity index (χ4v) is 15.0. The summed E-state index contributed by atoms with van der Waals surface area (Å²) in [6, 6.07) is 28.5. The molecule has 0 fully saturated rings. The number of Topliss-reactive ketones (excluding diaryl/α,β-unsaturated/α-hetero) is 3. The van der Waals surface area contributed by atoms with Crippen molar-refractivity contribution in [2.45, 2.75) is 277 Å². The smallest absolute Gasteiger partial charge is 0.344 e. The minimum absolute atomic E-state index is 0.00108. The highest BCUT2D eigenvalue weighted by molar-refractivity contribution is 6.00. The van der Waals surface area contributed by atoms with Crippen molar-refractivity contribution >= 4 is 64.1 Å². The second-order valence-electron chi connectivity index (χ2n) is 31.2. The molecule has 5 atom stereocenters. The molecule has 5 aromatic carbocycles. The lowest BCUT2D eigenvalue weighted by Crippen LogP contribution is -2.27. The molecule has 1 aromatic heterocycles. The van der Waals surface area contributed by atoms with Gasteiger partial charge in [-0.3, -0.25) is 19.2 Å². The number of carboxylic acid groups (broad SMARTS) is 5. The molecule has 0 saturated heterocycles. The number of esters is 1. The Bertz CT molecular complexity index is 4720. The topological polar surface area (TPSA) is 350 Å². The van der Waals surface area contributed by atoms with Gasteiger partial charge in [0.25, 0.3) is 0 Å². The lowest BCUT2D eigenvalue weighted by Gasteiger charge is -2.20. The van der Waals surface area contributed by atoms with E-state index in [2.05, 4.69) is 35.1 Å². The van der Waals surface area contributed by atoms with Crippen LogP contribution in [0.1, 0.15) is 273 Å². The largest absolute Gasteiger partial charge is 0.492 e. The van der Waals surface area contributed by atoms with Crippen LogP contribution in [0.4, 0.5) is 0 Å². The minimum atomic E-state index is -0.985. The summed E-state index contributed by atoms with van der Waals surface area (Å²) < 4.78 is 43.6. The van der Waals surface area contributed by atoms with E-state index in [0.29, 0.717) is 108 Å². The molecule has 5 unspecified atom stereocenters. The lowest BCUT2D eigenvalue weighted by atomic mass is 9.95. The third-order valence-electron chi connectivity index (χ3n) is 22.0. The van der Waals surface area contributed by atoms with Gasteiger partial charge in [-0.2, -0.15) is 0 Å². The van der Waals surface area contributed by atoms with E-state index in [0.717, 1.165) is 124 Å². The van der Waals surface area contributed by atoms with Gasteiger partial charge in [0.2, 0.25) is 0 Å². The van der Waals surface area contributed by atoms with Gasteiger partial charge in [0, 0.05) is 41.1 Å². The van der Waals surface area contributed by atoms with Gasteiger partial charge < -0.3 is 63.1 Å². The number of rotatable bonds is 35. The maximum absolute atomic E-state index is 11.8. The van der Waals surface area contributed by atoms with E-state index in [-0.39, 0.29) is 29.7 Å². The molecule has 2 heterocycles. The average molecular weight is 1650 g/mol. The second kappa shape index (κ2) is 49.3. The van der Waals surface area contributed by atoms with Gasteiger partial charge in [-0.1, -0.05) is 77.3 Å². The van der Waals surface area contributed by atoms with Gasteiger partial charge in [0.15, 0.2) is 47.9 Å². The third-order valence-corrected chi connectivity index (χ3v) is 22.0. The maximum atomic E-state index is 11.8. The summed E-state index contributed by atoms with van der Waals surface area (Å²) in [5.74, 6) is -2.18. The van der Waals surface area contributed by atoms with Crippen LogP contribution in [0.3, 0.4) is 0 Å². The molecule has 12 rings (SSSR count). The summed E-state index contributed by atoms with van der Waals surface area (Å²) in [5, 5.41) is 47.9. The van der Waals surface area contributed by atoms with Crippen LogP contribution >= 0.6 is 0 Å². The summed E-state index contributed by atoms with van der Waals surface area (Å²) in [5.41, 5.74) is 11.7. The van der Waals surface area contributed by atoms with Crippen molar-refractivity contribution in [2.75, 3.05) is 13.7 Å². The first-order valence-electron chi connectivity index (χ1n) is 42.3. The zero-order valence-electron chi connectivity index (χ0n) is 70.2. The van der Waals surface area contributed by atoms with Gasteiger partial charge in [-0.05, 0) is 322 Å². The quantitative estimate of drug-likeness (QED) is 0.0107. The summed E-state index contributed by atoms with van der Waals surface area (Å²) in [4.78, 5) is 115. The fraction of sp³-hybridized carbons (Fsp3) is 0.464. The molecule has 5 aliphatic carbocycles. The van der Waals surface area contributed by atoms with E-state index < -0.39 is 66.0 Å². The number of carbonyl (C=O) groups excluding carboxylic acids is 4. The number of aliphatic carboxylic acids is 5.